The molecule has 0 atom stereocenters. The van der Waals surface area contributed by atoms with Gasteiger partial charge in [-0.25, -0.2) is 13.4 Å². The number of rotatable bonds is 5. The van der Waals surface area contributed by atoms with Crippen molar-refractivity contribution in [1.82, 2.24) is 4.98 Å². The quantitative estimate of drug-likeness (QED) is 0.452. The number of hydrogen-bond donors (Lipinski definition) is 2. The van der Waals surface area contributed by atoms with Crippen molar-refractivity contribution >= 4 is 32.8 Å². The first-order chi connectivity index (χ1) is 15.6. The molecule has 1 aromatic heterocycles. The smallest absolute Gasteiger partial charge is 0.261 e. The van der Waals surface area contributed by atoms with Crippen LogP contribution in [-0.4, -0.2) is 25.7 Å². The molecule has 2 heterocycles. The van der Waals surface area contributed by atoms with Gasteiger partial charge in [-0.05, 0) is 41.5 Å². The van der Waals surface area contributed by atoms with Crippen LogP contribution in [0, 0.1) is 0 Å². The van der Waals surface area contributed by atoms with Gasteiger partial charge in [-0.1, -0.05) is 54.6 Å². The monoisotopic (exact) mass is 440 g/mol. The lowest BCUT2D eigenvalue weighted by Crippen LogP contribution is -2.18. The average Bonchev–Trinajstić information content (AvgIpc) is 2.84. The van der Waals surface area contributed by atoms with E-state index in [0.29, 0.717) is 12.2 Å². The average molecular weight is 441 g/mol. The summed E-state index contributed by atoms with van der Waals surface area (Å²) in [5.74, 6) is 0. The van der Waals surface area contributed by atoms with Crippen molar-refractivity contribution in [2.24, 2.45) is 4.99 Å². The minimum atomic E-state index is -3.69. The van der Waals surface area contributed by atoms with Gasteiger partial charge in [-0.3, -0.25) is 9.71 Å². The van der Waals surface area contributed by atoms with Crippen LogP contribution in [0.15, 0.2) is 107 Å². The molecule has 158 valence electrons. The van der Waals surface area contributed by atoms with E-state index in [-0.39, 0.29) is 4.90 Å². The molecule has 0 saturated carbocycles. The Labute approximate surface area is 186 Å². The molecule has 32 heavy (non-hydrogen) atoms. The molecule has 0 spiro atoms. The second kappa shape index (κ2) is 8.28. The van der Waals surface area contributed by atoms with Crippen molar-refractivity contribution in [1.29, 1.82) is 0 Å². The van der Waals surface area contributed by atoms with Crippen LogP contribution in [0.2, 0.25) is 0 Å². The maximum absolute atomic E-state index is 12.6. The van der Waals surface area contributed by atoms with Gasteiger partial charge in [0.2, 0.25) is 0 Å². The maximum Gasteiger partial charge on any atom is 0.261 e. The van der Waals surface area contributed by atoms with Gasteiger partial charge in [-0.2, -0.15) is 0 Å². The van der Waals surface area contributed by atoms with Crippen LogP contribution < -0.4 is 10.0 Å². The lowest BCUT2D eigenvalue weighted by molar-refractivity contribution is 0.601. The Kier molecular flexibility index (Phi) is 5.17. The van der Waals surface area contributed by atoms with Crippen molar-refractivity contribution in [3.63, 3.8) is 0 Å². The molecule has 5 rings (SSSR count). The molecule has 1 aliphatic heterocycles. The molecule has 0 amide bonds. The summed E-state index contributed by atoms with van der Waals surface area (Å²) in [7, 11) is -3.69. The Morgan fingerprint density at radius 1 is 0.781 bits per heavy atom. The highest BCUT2D eigenvalue weighted by Gasteiger charge is 2.16. The van der Waals surface area contributed by atoms with Gasteiger partial charge in [0.1, 0.15) is 0 Å². The summed E-state index contributed by atoms with van der Waals surface area (Å²) in [5, 5.41) is 3.41. The summed E-state index contributed by atoms with van der Waals surface area (Å²) in [6.45, 7) is 0.661. The molecule has 0 radical (unpaired) electrons. The fourth-order valence-electron chi connectivity index (χ4n) is 3.58. The van der Waals surface area contributed by atoms with Gasteiger partial charge in [-0.15, -0.1) is 0 Å². The van der Waals surface area contributed by atoms with Gasteiger partial charge in [0, 0.05) is 11.8 Å². The molecular formula is C25H20N4O2S. The number of nitrogens with one attached hydrogen (secondary N) is 2. The number of anilines is 2. The first kappa shape index (κ1) is 20.0. The van der Waals surface area contributed by atoms with Crippen LogP contribution in [0.3, 0.4) is 0 Å². The minimum Gasteiger partial charge on any atom is -0.378 e. The summed E-state index contributed by atoms with van der Waals surface area (Å²) in [6, 6.07) is 26.0. The van der Waals surface area contributed by atoms with E-state index < -0.39 is 10.0 Å². The van der Waals surface area contributed by atoms with Crippen LogP contribution in [0.25, 0.3) is 11.1 Å². The second-order valence-electron chi connectivity index (χ2n) is 7.39. The molecule has 1 aliphatic rings. The zero-order valence-corrected chi connectivity index (χ0v) is 17.9. The first-order valence-electron chi connectivity index (χ1n) is 10.1. The Bertz CT molecular complexity index is 1400. The number of aromatic nitrogens is 1. The largest absolute Gasteiger partial charge is 0.378 e. The molecule has 0 unspecified atom stereocenters. The molecular weight excluding hydrogens is 420 g/mol. The summed E-state index contributed by atoms with van der Waals surface area (Å²) < 4.78 is 27.9. The van der Waals surface area contributed by atoms with Crippen molar-refractivity contribution in [3.8, 4) is 11.1 Å². The van der Waals surface area contributed by atoms with E-state index in [2.05, 4.69) is 15.0 Å². The molecule has 0 fully saturated rings. The predicted molar refractivity (Wildman–Crippen MR) is 128 cm³/mol. The van der Waals surface area contributed by atoms with Crippen LogP contribution in [0.4, 0.5) is 17.1 Å². The van der Waals surface area contributed by atoms with Gasteiger partial charge in [0.15, 0.2) is 0 Å². The van der Waals surface area contributed by atoms with E-state index >= 15 is 0 Å². The second-order valence-corrected chi connectivity index (χ2v) is 9.07. The van der Waals surface area contributed by atoms with Crippen molar-refractivity contribution in [3.05, 3.63) is 103 Å². The lowest BCUT2D eigenvalue weighted by atomic mass is 10.0. The van der Waals surface area contributed by atoms with E-state index in [4.69, 9.17) is 4.99 Å². The zero-order chi connectivity index (χ0) is 22.0. The highest BCUT2D eigenvalue weighted by atomic mass is 32.2. The molecule has 4 aromatic rings. The van der Waals surface area contributed by atoms with E-state index in [1.807, 2.05) is 48.5 Å². The molecule has 0 bridgehead atoms. The summed E-state index contributed by atoms with van der Waals surface area (Å²) in [6.07, 6.45) is 3.20. The Morgan fingerprint density at radius 3 is 2.31 bits per heavy atom. The van der Waals surface area contributed by atoms with E-state index in [0.717, 1.165) is 33.8 Å². The van der Waals surface area contributed by atoms with E-state index in [1.54, 1.807) is 42.6 Å². The van der Waals surface area contributed by atoms with Crippen molar-refractivity contribution in [2.45, 2.75) is 4.90 Å². The summed E-state index contributed by atoms with van der Waals surface area (Å²) >= 11 is 0. The fraction of sp³-hybridized carbons (Fsp3) is 0.0400. The first-order valence-corrected chi connectivity index (χ1v) is 11.6. The number of sulfonamides is 1. The zero-order valence-electron chi connectivity index (χ0n) is 17.1. The van der Waals surface area contributed by atoms with Gasteiger partial charge in [0.05, 0.1) is 40.4 Å². The molecule has 6 nitrogen and oxygen atoms in total. The Morgan fingerprint density at radius 2 is 1.53 bits per heavy atom. The third kappa shape index (κ3) is 4.10. The fourth-order valence-corrected chi connectivity index (χ4v) is 4.64. The van der Waals surface area contributed by atoms with Crippen molar-refractivity contribution < 1.29 is 8.42 Å². The van der Waals surface area contributed by atoms with Gasteiger partial charge in [0.25, 0.3) is 10.0 Å². The van der Waals surface area contributed by atoms with Gasteiger partial charge >= 0.3 is 0 Å². The van der Waals surface area contributed by atoms with Crippen molar-refractivity contribution in [2.75, 3.05) is 16.6 Å². The maximum atomic E-state index is 12.6. The van der Waals surface area contributed by atoms with Gasteiger partial charge < -0.3 is 5.32 Å². The third-order valence-electron chi connectivity index (χ3n) is 5.18. The topological polar surface area (TPSA) is 83.5 Å². The Balaban J connectivity index is 1.45. The lowest BCUT2D eigenvalue weighted by Gasteiger charge is -2.19. The SMILES string of the molecule is O=S(=O)(Nc1cncc(-c2ccc3c(c2)N=C(c2ccccc2)CN3)c1)c1ccccc1. The molecule has 0 saturated heterocycles. The summed E-state index contributed by atoms with van der Waals surface area (Å²) in [4.78, 5) is 9.28. The Hall–Kier alpha value is -3.97. The number of pyridine rings is 1. The van der Waals surface area contributed by atoms with Crippen LogP contribution >= 0.6 is 0 Å². The van der Waals surface area contributed by atoms with E-state index in [9.17, 15) is 8.42 Å². The van der Waals surface area contributed by atoms with E-state index in [1.165, 1.54) is 6.20 Å². The minimum absolute atomic E-state index is 0.202. The third-order valence-corrected chi connectivity index (χ3v) is 6.58. The number of fused-ring (bicyclic) bond motifs is 1. The molecule has 7 heteroatoms. The number of hydrogen-bond acceptors (Lipinski definition) is 5. The molecule has 3 aromatic carbocycles. The summed E-state index contributed by atoms with van der Waals surface area (Å²) in [5.41, 5.74) is 5.94. The van der Waals surface area contributed by atoms with Crippen LogP contribution in [0.5, 0.6) is 0 Å². The van der Waals surface area contributed by atoms with Crippen LogP contribution in [-0.2, 0) is 10.0 Å². The highest BCUT2D eigenvalue weighted by molar-refractivity contribution is 7.92. The standard InChI is InChI=1S/C25H20N4O2S/c30-32(31,22-9-5-2-6-10-22)29-21-13-20(15-26-16-21)19-11-12-23-24(14-19)28-25(17-27-23)18-7-3-1-4-8-18/h1-16,27,29H,17H2. The predicted octanol–water partition coefficient (Wildman–Crippen LogP) is 5.10. The number of nitrogens with zero attached hydrogens (tertiary/aromatic N) is 2. The molecule has 2 N–H and O–H groups in total. The number of aliphatic imine (C=N–C) groups is 1. The number of benzene rings is 3. The molecule has 0 aliphatic carbocycles. The highest BCUT2D eigenvalue weighted by Crippen LogP contribution is 2.34. The van der Waals surface area contributed by atoms with Crippen LogP contribution in [0.1, 0.15) is 5.56 Å². The normalized spacial score (nSPS) is 12.9.